The number of fused-ring (bicyclic) bond motifs is 2. The Morgan fingerprint density at radius 2 is 1.74 bits per heavy atom. The number of nitrogens with one attached hydrogen (secondary N) is 1. The number of nitrogens with zero attached hydrogens (tertiary/aromatic N) is 2. The normalized spacial score (nSPS) is 23.5. The first-order valence-corrected chi connectivity index (χ1v) is 15.0. The standard InChI is InChI=1S/C35H36F3N3O/c1-22(2)34(33(42)41-16-14-25-7-10-29(35(36,37)38)18-28(25)21-41)15-13-30(19-34)40-32-12-9-27-17-26(8-11-31(27)32)24-5-3-23(20-39)4-6-24/h3-8,10-11,17-18,22,30,32,40H,9,12-16,19,21H2,1-2H3/t30-,32?,34+/m1/s1. The Balaban J connectivity index is 1.15. The topological polar surface area (TPSA) is 56.1 Å². The van der Waals surface area contributed by atoms with E-state index in [1.807, 2.05) is 24.3 Å². The van der Waals surface area contributed by atoms with E-state index in [1.54, 1.807) is 11.0 Å². The number of rotatable bonds is 5. The van der Waals surface area contributed by atoms with Gasteiger partial charge in [-0.15, -0.1) is 0 Å². The molecule has 1 fully saturated rings. The van der Waals surface area contributed by atoms with Crippen LogP contribution in [0.1, 0.15) is 79.0 Å². The maximum absolute atomic E-state index is 14.1. The number of carbonyl (C=O) groups excluding carboxylic acids is 1. The summed E-state index contributed by atoms with van der Waals surface area (Å²) in [4.78, 5) is 15.9. The molecule has 1 heterocycles. The molecule has 1 amide bonds. The molecular weight excluding hydrogens is 535 g/mol. The van der Waals surface area contributed by atoms with Gasteiger partial charge in [0.2, 0.25) is 5.91 Å². The fraction of sp³-hybridized carbons (Fsp3) is 0.429. The van der Waals surface area contributed by atoms with E-state index in [4.69, 9.17) is 5.26 Å². The first kappa shape index (κ1) is 28.5. The molecular formula is C35H36F3N3O. The summed E-state index contributed by atoms with van der Waals surface area (Å²) in [6.45, 7) is 4.99. The molecule has 0 spiro atoms. The zero-order valence-corrected chi connectivity index (χ0v) is 24.1. The molecule has 218 valence electrons. The third kappa shape index (κ3) is 5.22. The van der Waals surface area contributed by atoms with Crippen LogP contribution in [0, 0.1) is 22.7 Å². The predicted octanol–water partition coefficient (Wildman–Crippen LogP) is 7.60. The largest absolute Gasteiger partial charge is 0.416 e. The summed E-state index contributed by atoms with van der Waals surface area (Å²) < 4.78 is 40.1. The van der Waals surface area contributed by atoms with Crippen molar-refractivity contribution in [2.75, 3.05) is 6.54 Å². The summed E-state index contributed by atoms with van der Waals surface area (Å²) in [6, 6.07) is 20.8. The fourth-order valence-corrected chi connectivity index (χ4v) is 7.40. The number of aryl methyl sites for hydroxylation is 1. The van der Waals surface area contributed by atoms with E-state index in [9.17, 15) is 18.0 Å². The van der Waals surface area contributed by atoms with Crippen LogP contribution in [0.4, 0.5) is 13.2 Å². The maximum atomic E-state index is 14.1. The first-order chi connectivity index (χ1) is 20.1. The average Bonchev–Trinajstić information content (AvgIpc) is 3.61. The van der Waals surface area contributed by atoms with Gasteiger partial charge in [0, 0.05) is 25.2 Å². The molecule has 1 N–H and O–H groups in total. The van der Waals surface area contributed by atoms with Crippen LogP contribution in [0.5, 0.6) is 0 Å². The third-order valence-electron chi connectivity index (χ3n) is 9.92. The number of hydrogen-bond acceptors (Lipinski definition) is 3. The van der Waals surface area contributed by atoms with Crippen molar-refractivity contribution >= 4 is 5.91 Å². The fourth-order valence-electron chi connectivity index (χ4n) is 7.40. The van der Waals surface area contributed by atoms with Gasteiger partial charge in [0.25, 0.3) is 0 Å². The second-order valence-electron chi connectivity index (χ2n) is 12.6. The Morgan fingerprint density at radius 1 is 0.976 bits per heavy atom. The number of alkyl halides is 3. The van der Waals surface area contributed by atoms with E-state index < -0.39 is 17.2 Å². The Kier molecular flexibility index (Phi) is 7.39. The van der Waals surface area contributed by atoms with Gasteiger partial charge in [0.1, 0.15) is 0 Å². The lowest BCUT2D eigenvalue weighted by Crippen LogP contribution is -2.48. The van der Waals surface area contributed by atoms with Crippen LogP contribution in [-0.4, -0.2) is 23.4 Å². The quantitative estimate of drug-likeness (QED) is 0.343. The average molecular weight is 572 g/mol. The second kappa shape index (κ2) is 10.9. The molecule has 6 rings (SSSR count). The van der Waals surface area contributed by atoms with Gasteiger partial charge in [0.15, 0.2) is 0 Å². The first-order valence-electron chi connectivity index (χ1n) is 15.0. The summed E-state index contributed by atoms with van der Waals surface area (Å²) >= 11 is 0. The Labute approximate surface area is 245 Å². The van der Waals surface area contributed by atoms with E-state index in [-0.39, 0.29) is 30.5 Å². The number of carbonyl (C=O) groups is 1. The molecule has 0 radical (unpaired) electrons. The van der Waals surface area contributed by atoms with Gasteiger partial charge >= 0.3 is 6.18 Å². The van der Waals surface area contributed by atoms with Crippen LogP contribution in [0.2, 0.25) is 0 Å². The van der Waals surface area contributed by atoms with E-state index in [2.05, 4.69) is 43.4 Å². The van der Waals surface area contributed by atoms with Gasteiger partial charge in [-0.2, -0.15) is 18.4 Å². The summed E-state index contributed by atoms with van der Waals surface area (Å²) in [7, 11) is 0. The van der Waals surface area contributed by atoms with Gasteiger partial charge in [-0.3, -0.25) is 4.79 Å². The molecule has 2 aliphatic carbocycles. The van der Waals surface area contributed by atoms with Crippen molar-refractivity contribution in [1.29, 1.82) is 5.26 Å². The summed E-state index contributed by atoms with van der Waals surface area (Å²) in [6.07, 6.45) is 0.616. The molecule has 7 heteroatoms. The molecule has 0 saturated heterocycles. The third-order valence-corrected chi connectivity index (χ3v) is 9.92. The van der Waals surface area contributed by atoms with Gasteiger partial charge < -0.3 is 10.2 Å². The summed E-state index contributed by atoms with van der Waals surface area (Å²) in [5, 5.41) is 13.0. The van der Waals surface area contributed by atoms with Gasteiger partial charge in [-0.25, -0.2) is 0 Å². The Morgan fingerprint density at radius 3 is 2.45 bits per heavy atom. The monoisotopic (exact) mass is 571 g/mol. The molecule has 0 aromatic heterocycles. The molecule has 0 bridgehead atoms. The van der Waals surface area contributed by atoms with Crippen LogP contribution < -0.4 is 5.32 Å². The van der Waals surface area contributed by atoms with Crippen LogP contribution in [0.25, 0.3) is 11.1 Å². The van der Waals surface area contributed by atoms with Gasteiger partial charge in [0.05, 0.1) is 22.6 Å². The molecule has 3 aliphatic rings. The van der Waals surface area contributed by atoms with Crippen molar-refractivity contribution in [3.63, 3.8) is 0 Å². The highest BCUT2D eigenvalue weighted by Crippen LogP contribution is 2.48. The van der Waals surface area contributed by atoms with Crippen molar-refractivity contribution in [3.8, 4) is 17.2 Å². The van der Waals surface area contributed by atoms with Crippen LogP contribution >= 0.6 is 0 Å². The van der Waals surface area contributed by atoms with Crippen molar-refractivity contribution < 1.29 is 18.0 Å². The zero-order valence-electron chi connectivity index (χ0n) is 24.1. The van der Waals surface area contributed by atoms with E-state index >= 15 is 0 Å². The number of benzene rings is 3. The van der Waals surface area contributed by atoms with E-state index in [0.717, 1.165) is 54.9 Å². The molecule has 1 unspecified atom stereocenters. The predicted molar refractivity (Wildman–Crippen MR) is 156 cm³/mol. The molecule has 1 saturated carbocycles. The number of hydrogen-bond donors (Lipinski definition) is 1. The van der Waals surface area contributed by atoms with Crippen molar-refractivity contribution in [2.24, 2.45) is 11.3 Å². The van der Waals surface area contributed by atoms with E-state index in [1.165, 1.54) is 17.2 Å². The molecule has 1 aliphatic heterocycles. The van der Waals surface area contributed by atoms with Crippen LogP contribution in [-0.2, 0) is 30.4 Å². The lowest BCUT2D eigenvalue weighted by atomic mass is 9.73. The Bertz CT molecular complexity index is 1540. The molecule has 3 aromatic carbocycles. The Hall–Kier alpha value is -3.63. The molecule has 3 aromatic rings. The summed E-state index contributed by atoms with van der Waals surface area (Å²) in [5.41, 5.74) is 5.89. The van der Waals surface area contributed by atoms with Gasteiger partial charge in [-0.1, -0.05) is 50.2 Å². The number of amides is 1. The second-order valence-corrected chi connectivity index (χ2v) is 12.6. The minimum absolute atomic E-state index is 0.0868. The molecule has 3 atom stereocenters. The van der Waals surface area contributed by atoms with Gasteiger partial charge in [-0.05, 0) is 102 Å². The van der Waals surface area contributed by atoms with Crippen molar-refractivity contribution in [2.45, 2.75) is 77.2 Å². The molecule has 42 heavy (non-hydrogen) atoms. The number of halogens is 3. The maximum Gasteiger partial charge on any atom is 0.416 e. The van der Waals surface area contributed by atoms with E-state index in [0.29, 0.717) is 24.1 Å². The number of nitriles is 1. The SMILES string of the molecule is CC(C)[C@]1(C(=O)N2CCc3ccc(C(F)(F)F)cc3C2)CC[C@@H](NC2CCc3cc(-c4ccc(C#N)cc4)ccc32)C1. The highest BCUT2D eigenvalue weighted by atomic mass is 19.4. The van der Waals surface area contributed by atoms with Crippen LogP contribution in [0.15, 0.2) is 60.7 Å². The lowest BCUT2D eigenvalue weighted by molar-refractivity contribution is -0.145. The highest BCUT2D eigenvalue weighted by Gasteiger charge is 2.50. The molecule has 4 nitrogen and oxygen atoms in total. The summed E-state index contributed by atoms with van der Waals surface area (Å²) in [5.74, 6) is 0.217. The minimum atomic E-state index is -4.39. The van der Waals surface area contributed by atoms with Crippen molar-refractivity contribution in [3.05, 3.63) is 94.0 Å². The zero-order chi connectivity index (χ0) is 29.6. The smallest absolute Gasteiger partial charge is 0.338 e. The highest BCUT2D eigenvalue weighted by molar-refractivity contribution is 5.84. The van der Waals surface area contributed by atoms with Crippen LogP contribution in [0.3, 0.4) is 0 Å². The lowest BCUT2D eigenvalue weighted by Gasteiger charge is -2.40. The minimum Gasteiger partial charge on any atom is -0.338 e. The van der Waals surface area contributed by atoms with Crippen molar-refractivity contribution in [1.82, 2.24) is 10.2 Å².